The molecule has 0 aliphatic carbocycles. The number of rotatable bonds is 4. The second-order valence-electron chi connectivity index (χ2n) is 4.08. The van der Waals surface area contributed by atoms with E-state index in [1.807, 2.05) is 30.3 Å². The van der Waals surface area contributed by atoms with Crippen molar-refractivity contribution in [1.82, 2.24) is 0 Å². The van der Waals surface area contributed by atoms with Crippen molar-refractivity contribution in [1.29, 1.82) is 0 Å². The molecule has 0 aliphatic heterocycles. The van der Waals surface area contributed by atoms with Crippen molar-refractivity contribution in [3.63, 3.8) is 0 Å². The summed E-state index contributed by atoms with van der Waals surface area (Å²) in [4.78, 5) is 0. The van der Waals surface area contributed by atoms with Crippen molar-refractivity contribution in [3.05, 3.63) is 65.2 Å². The molecule has 0 spiro atoms. The molecule has 2 aromatic carbocycles. The maximum atomic E-state index is 5.73. The molecule has 0 saturated carbocycles. The Labute approximate surface area is 102 Å². The summed E-state index contributed by atoms with van der Waals surface area (Å²) in [6.45, 7) is 3.19. The van der Waals surface area contributed by atoms with Gasteiger partial charge in [-0.25, -0.2) is 0 Å². The fourth-order valence-electron chi connectivity index (χ4n) is 1.77. The minimum atomic E-state index is 0.549. The average molecular weight is 227 g/mol. The van der Waals surface area contributed by atoms with Gasteiger partial charge in [-0.05, 0) is 30.2 Å². The summed E-state index contributed by atoms with van der Waals surface area (Å²) in [6, 6.07) is 16.1. The molecule has 0 heterocycles. The number of benzene rings is 2. The molecule has 2 heteroatoms. The summed E-state index contributed by atoms with van der Waals surface area (Å²) in [7, 11) is 0. The number of hydrogen-bond acceptors (Lipinski definition) is 2. The third kappa shape index (κ3) is 3.08. The Kier molecular flexibility index (Phi) is 3.78. The van der Waals surface area contributed by atoms with Gasteiger partial charge < -0.3 is 10.5 Å². The Morgan fingerprint density at radius 1 is 1.00 bits per heavy atom. The standard InChI is InChI=1S/C15H17NO/c1-12-7-8-13(10-16)14(9-12)11-17-15-5-3-2-4-6-15/h2-9H,10-11,16H2,1H3. The van der Waals surface area contributed by atoms with Gasteiger partial charge in [0.2, 0.25) is 0 Å². The Bertz CT molecular complexity index is 480. The molecular formula is C15H17NO. The van der Waals surface area contributed by atoms with E-state index in [0.29, 0.717) is 13.2 Å². The predicted molar refractivity (Wildman–Crippen MR) is 69.8 cm³/mol. The molecule has 0 bridgehead atoms. The highest BCUT2D eigenvalue weighted by Gasteiger charge is 2.02. The maximum Gasteiger partial charge on any atom is 0.119 e. The van der Waals surface area contributed by atoms with E-state index < -0.39 is 0 Å². The minimum absolute atomic E-state index is 0.549. The molecule has 17 heavy (non-hydrogen) atoms. The molecule has 0 aliphatic rings. The van der Waals surface area contributed by atoms with Crippen molar-refractivity contribution in [2.24, 2.45) is 5.73 Å². The van der Waals surface area contributed by atoms with E-state index in [1.165, 1.54) is 5.56 Å². The van der Waals surface area contributed by atoms with Gasteiger partial charge in [0, 0.05) is 6.54 Å². The Balaban J connectivity index is 2.11. The molecule has 2 aromatic rings. The van der Waals surface area contributed by atoms with E-state index in [1.54, 1.807) is 0 Å². The average Bonchev–Trinajstić information content (AvgIpc) is 2.38. The van der Waals surface area contributed by atoms with Gasteiger partial charge in [-0.1, -0.05) is 42.0 Å². The van der Waals surface area contributed by atoms with Crippen LogP contribution in [0.25, 0.3) is 0 Å². The fourth-order valence-corrected chi connectivity index (χ4v) is 1.77. The van der Waals surface area contributed by atoms with Gasteiger partial charge >= 0.3 is 0 Å². The summed E-state index contributed by atoms with van der Waals surface area (Å²) < 4.78 is 5.73. The molecule has 2 rings (SSSR count). The lowest BCUT2D eigenvalue weighted by molar-refractivity contribution is 0.305. The van der Waals surface area contributed by atoms with Crippen LogP contribution in [0.15, 0.2) is 48.5 Å². The van der Waals surface area contributed by atoms with Crippen molar-refractivity contribution in [2.75, 3.05) is 0 Å². The van der Waals surface area contributed by atoms with E-state index in [-0.39, 0.29) is 0 Å². The van der Waals surface area contributed by atoms with Crippen molar-refractivity contribution < 1.29 is 4.74 Å². The SMILES string of the molecule is Cc1ccc(CN)c(COc2ccccc2)c1. The summed E-state index contributed by atoms with van der Waals surface area (Å²) in [5.74, 6) is 0.886. The highest BCUT2D eigenvalue weighted by atomic mass is 16.5. The normalized spacial score (nSPS) is 10.2. The van der Waals surface area contributed by atoms with E-state index >= 15 is 0 Å². The molecule has 0 atom stereocenters. The molecule has 0 fully saturated rings. The Hall–Kier alpha value is -1.80. The first-order valence-electron chi connectivity index (χ1n) is 5.76. The van der Waals surface area contributed by atoms with Crippen molar-refractivity contribution >= 4 is 0 Å². The second kappa shape index (κ2) is 5.51. The summed E-state index contributed by atoms with van der Waals surface area (Å²) >= 11 is 0. The lowest BCUT2D eigenvalue weighted by atomic mass is 10.1. The molecule has 2 nitrogen and oxygen atoms in total. The van der Waals surface area contributed by atoms with Crippen LogP contribution < -0.4 is 10.5 Å². The van der Waals surface area contributed by atoms with Crippen LogP contribution >= 0.6 is 0 Å². The number of para-hydroxylation sites is 1. The molecule has 0 saturated heterocycles. The Morgan fingerprint density at radius 3 is 2.47 bits per heavy atom. The van der Waals surface area contributed by atoms with Gasteiger partial charge in [0.25, 0.3) is 0 Å². The summed E-state index contributed by atoms with van der Waals surface area (Å²) in [6.07, 6.45) is 0. The van der Waals surface area contributed by atoms with Crippen LogP contribution in [0.3, 0.4) is 0 Å². The smallest absolute Gasteiger partial charge is 0.119 e. The summed E-state index contributed by atoms with van der Waals surface area (Å²) in [5.41, 5.74) is 9.25. The highest BCUT2D eigenvalue weighted by Crippen LogP contribution is 2.15. The lowest BCUT2D eigenvalue weighted by Gasteiger charge is -2.10. The quantitative estimate of drug-likeness (QED) is 0.871. The van der Waals surface area contributed by atoms with Gasteiger partial charge in [-0.15, -0.1) is 0 Å². The number of aryl methyl sites for hydroxylation is 1. The zero-order valence-corrected chi connectivity index (χ0v) is 10.0. The predicted octanol–water partition coefficient (Wildman–Crippen LogP) is 3.03. The van der Waals surface area contributed by atoms with Crippen LogP contribution in [-0.2, 0) is 13.2 Å². The molecular weight excluding hydrogens is 210 g/mol. The van der Waals surface area contributed by atoms with Gasteiger partial charge in [0.1, 0.15) is 12.4 Å². The van der Waals surface area contributed by atoms with Gasteiger partial charge in [-0.2, -0.15) is 0 Å². The van der Waals surface area contributed by atoms with E-state index in [9.17, 15) is 0 Å². The number of nitrogens with two attached hydrogens (primary N) is 1. The summed E-state index contributed by atoms with van der Waals surface area (Å²) in [5, 5.41) is 0. The van der Waals surface area contributed by atoms with Gasteiger partial charge in [-0.3, -0.25) is 0 Å². The van der Waals surface area contributed by atoms with Crippen LogP contribution in [0.1, 0.15) is 16.7 Å². The van der Waals surface area contributed by atoms with Crippen molar-refractivity contribution in [3.8, 4) is 5.75 Å². The van der Waals surface area contributed by atoms with Crippen molar-refractivity contribution in [2.45, 2.75) is 20.1 Å². The minimum Gasteiger partial charge on any atom is -0.489 e. The van der Waals surface area contributed by atoms with Crippen LogP contribution in [0.4, 0.5) is 0 Å². The van der Waals surface area contributed by atoms with E-state index in [0.717, 1.165) is 16.9 Å². The molecule has 0 radical (unpaired) electrons. The second-order valence-corrected chi connectivity index (χ2v) is 4.08. The lowest BCUT2D eigenvalue weighted by Crippen LogP contribution is -2.05. The molecule has 88 valence electrons. The molecule has 0 unspecified atom stereocenters. The zero-order valence-electron chi connectivity index (χ0n) is 10.0. The monoisotopic (exact) mass is 227 g/mol. The highest BCUT2D eigenvalue weighted by molar-refractivity contribution is 5.31. The van der Waals surface area contributed by atoms with Gasteiger partial charge in [0.15, 0.2) is 0 Å². The molecule has 0 amide bonds. The van der Waals surface area contributed by atoms with Crippen LogP contribution in [0.5, 0.6) is 5.75 Å². The number of ether oxygens (including phenoxy) is 1. The number of hydrogen-bond donors (Lipinski definition) is 1. The van der Waals surface area contributed by atoms with Crippen LogP contribution in [0, 0.1) is 6.92 Å². The zero-order chi connectivity index (χ0) is 12.1. The van der Waals surface area contributed by atoms with E-state index in [2.05, 4.69) is 25.1 Å². The molecule has 2 N–H and O–H groups in total. The topological polar surface area (TPSA) is 35.2 Å². The van der Waals surface area contributed by atoms with Crippen LogP contribution in [0.2, 0.25) is 0 Å². The van der Waals surface area contributed by atoms with E-state index in [4.69, 9.17) is 10.5 Å². The maximum absolute atomic E-state index is 5.73. The largest absolute Gasteiger partial charge is 0.489 e. The fraction of sp³-hybridized carbons (Fsp3) is 0.200. The Morgan fingerprint density at radius 2 is 1.76 bits per heavy atom. The molecule has 0 aromatic heterocycles. The van der Waals surface area contributed by atoms with Crippen LogP contribution in [-0.4, -0.2) is 0 Å². The third-order valence-electron chi connectivity index (χ3n) is 2.72. The first-order valence-corrected chi connectivity index (χ1v) is 5.76. The third-order valence-corrected chi connectivity index (χ3v) is 2.72. The first kappa shape index (κ1) is 11.7. The van der Waals surface area contributed by atoms with Gasteiger partial charge in [0.05, 0.1) is 0 Å². The first-order chi connectivity index (χ1) is 8.29.